The fourth-order valence-electron chi connectivity index (χ4n) is 3.23. The van der Waals surface area contributed by atoms with Gasteiger partial charge in [-0.2, -0.15) is 0 Å². The first-order valence-electron chi connectivity index (χ1n) is 8.15. The van der Waals surface area contributed by atoms with E-state index in [1.807, 2.05) is 6.07 Å². The number of aromatic nitrogens is 1. The number of nitrogens with zero attached hydrogens (tertiary/aromatic N) is 2. The van der Waals surface area contributed by atoms with Gasteiger partial charge in [0.05, 0.1) is 12.2 Å². The molecule has 2 unspecified atom stereocenters. The maximum Gasteiger partial charge on any atom is 0.240 e. The van der Waals surface area contributed by atoms with E-state index in [0.717, 1.165) is 25.2 Å². The zero-order valence-electron chi connectivity index (χ0n) is 14.1. The van der Waals surface area contributed by atoms with Crippen molar-refractivity contribution in [2.45, 2.75) is 57.5 Å². The van der Waals surface area contributed by atoms with Gasteiger partial charge >= 0.3 is 0 Å². The number of carbonyl (C=O) groups is 1. The zero-order valence-corrected chi connectivity index (χ0v) is 14.9. The normalized spacial score (nSPS) is 24.8. The second-order valence-electron chi connectivity index (χ2n) is 7.54. The number of hydrogen-bond acceptors (Lipinski definition) is 5. The van der Waals surface area contributed by atoms with Crippen molar-refractivity contribution in [2.24, 2.45) is 0 Å². The van der Waals surface area contributed by atoms with Gasteiger partial charge in [0.15, 0.2) is 0 Å². The first-order chi connectivity index (χ1) is 10.4. The Labute approximate surface area is 143 Å². The van der Waals surface area contributed by atoms with Crippen LogP contribution in [0.3, 0.4) is 0 Å². The van der Waals surface area contributed by atoms with E-state index in [2.05, 4.69) is 41.5 Å². The molecule has 130 valence electrons. The molecule has 1 aromatic heterocycles. The Bertz CT molecular complexity index is 540. The Balaban J connectivity index is 0.00000192. The van der Waals surface area contributed by atoms with E-state index >= 15 is 0 Å². The molecule has 23 heavy (non-hydrogen) atoms. The quantitative estimate of drug-likeness (QED) is 0.880. The third kappa shape index (κ3) is 4.68. The van der Waals surface area contributed by atoms with E-state index in [-0.39, 0.29) is 23.7 Å². The average Bonchev–Trinajstić information content (AvgIpc) is 2.99. The highest BCUT2D eigenvalue weighted by atomic mass is 35.5. The number of nitrogens with one attached hydrogen (secondary N) is 2. The lowest BCUT2D eigenvalue weighted by Gasteiger charge is -2.22. The lowest BCUT2D eigenvalue weighted by molar-refractivity contribution is -0.117. The number of anilines is 1. The molecule has 1 aromatic rings. The zero-order chi connectivity index (χ0) is 15.7. The minimum atomic E-state index is -0.0812. The molecule has 3 heterocycles. The topological polar surface area (TPSA) is 70.4 Å². The first-order valence-corrected chi connectivity index (χ1v) is 8.15. The van der Waals surface area contributed by atoms with Crippen molar-refractivity contribution >= 4 is 24.2 Å². The number of hydrogen-bond donors (Lipinski definition) is 2. The SMILES string of the molecule is CC(C)(C)c1cc(NC(=O)CN2CCC3CCC(C2)N3)on1.Cl. The van der Waals surface area contributed by atoms with Gasteiger partial charge in [0, 0.05) is 36.7 Å². The molecule has 0 spiro atoms. The van der Waals surface area contributed by atoms with E-state index < -0.39 is 0 Å². The summed E-state index contributed by atoms with van der Waals surface area (Å²) in [5, 5.41) is 10.5. The monoisotopic (exact) mass is 342 g/mol. The van der Waals surface area contributed by atoms with Gasteiger partial charge in [-0.05, 0) is 19.3 Å². The van der Waals surface area contributed by atoms with Gasteiger partial charge in [0.1, 0.15) is 0 Å². The maximum absolute atomic E-state index is 12.2. The van der Waals surface area contributed by atoms with Crippen molar-refractivity contribution in [3.63, 3.8) is 0 Å². The Morgan fingerprint density at radius 1 is 1.39 bits per heavy atom. The summed E-state index contributed by atoms with van der Waals surface area (Å²) in [6.07, 6.45) is 3.62. The number of fused-ring (bicyclic) bond motifs is 2. The van der Waals surface area contributed by atoms with Crippen LogP contribution in [-0.4, -0.2) is 47.7 Å². The van der Waals surface area contributed by atoms with E-state index in [1.54, 1.807) is 0 Å². The molecule has 0 radical (unpaired) electrons. The molecule has 2 saturated heterocycles. The molecule has 3 rings (SSSR count). The second-order valence-corrected chi connectivity index (χ2v) is 7.54. The van der Waals surface area contributed by atoms with Crippen molar-refractivity contribution in [2.75, 3.05) is 25.0 Å². The number of halogens is 1. The molecule has 2 N–H and O–H groups in total. The van der Waals surface area contributed by atoms with E-state index in [9.17, 15) is 4.79 Å². The Morgan fingerprint density at radius 2 is 2.13 bits per heavy atom. The summed E-state index contributed by atoms with van der Waals surface area (Å²) in [6, 6.07) is 2.99. The fourth-order valence-corrected chi connectivity index (χ4v) is 3.23. The summed E-state index contributed by atoms with van der Waals surface area (Å²) in [5.41, 5.74) is 0.765. The lowest BCUT2D eigenvalue weighted by atomic mass is 9.92. The van der Waals surface area contributed by atoms with Crippen molar-refractivity contribution in [3.05, 3.63) is 11.8 Å². The van der Waals surface area contributed by atoms with E-state index in [0.29, 0.717) is 24.5 Å². The van der Waals surface area contributed by atoms with Crippen LogP contribution in [0.2, 0.25) is 0 Å². The molecule has 2 fully saturated rings. The van der Waals surface area contributed by atoms with Crippen LogP contribution in [0.1, 0.15) is 45.7 Å². The van der Waals surface area contributed by atoms with Crippen LogP contribution in [-0.2, 0) is 10.2 Å². The summed E-state index contributed by atoms with van der Waals surface area (Å²) < 4.78 is 5.21. The molecule has 2 bridgehead atoms. The first kappa shape index (κ1) is 18.2. The highest BCUT2D eigenvalue weighted by Crippen LogP contribution is 2.24. The van der Waals surface area contributed by atoms with Crippen molar-refractivity contribution < 1.29 is 9.32 Å². The highest BCUT2D eigenvalue weighted by Gasteiger charge is 2.30. The van der Waals surface area contributed by atoms with Crippen LogP contribution in [0.5, 0.6) is 0 Å². The number of carbonyl (C=O) groups excluding carboxylic acids is 1. The van der Waals surface area contributed by atoms with Crippen LogP contribution in [0.25, 0.3) is 0 Å². The van der Waals surface area contributed by atoms with Gasteiger partial charge in [-0.3, -0.25) is 15.0 Å². The van der Waals surface area contributed by atoms with Crippen molar-refractivity contribution in [3.8, 4) is 0 Å². The minimum Gasteiger partial charge on any atom is -0.338 e. The standard InChI is InChI=1S/C16H26N4O2.ClH/c1-16(2,3)13-8-15(22-19-13)18-14(21)10-20-7-6-11-4-5-12(9-20)17-11;/h8,11-12,17H,4-7,9-10H2,1-3H3,(H,18,21);1H. The van der Waals surface area contributed by atoms with Gasteiger partial charge < -0.3 is 9.84 Å². The highest BCUT2D eigenvalue weighted by molar-refractivity contribution is 5.91. The van der Waals surface area contributed by atoms with Crippen molar-refractivity contribution in [1.82, 2.24) is 15.4 Å². The average molecular weight is 343 g/mol. The predicted octanol–water partition coefficient (Wildman–Crippen LogP) is 2.16. The number of rotatable bonds is 3. The Kier molecular flexibility index (Phi) is 5.70. The molecule has 6 nitrogen and oxygen atoms in total. The molecule has 2 atom stereocenters. The third-order valence-corrected chi connectivity index (χ3v) is 4.52. The molecule has 0 saturated carbocycles. The molecule has 0 aliphatic carbocycles. The molecule has 7 heteroatoms. The summed E-state index contributed by atoms with van der Waals surface area (Å²) in [4.78, 5) is 14.4. The Morgan fingerprint density at radius 3 is 2.83 bits per heavy atom. The fraction of sp³-hybridized carbons (Fsp3) is 0.750. The van der Waals surface area contributed by atoms with Crippen molar-refractivity contribution in [1.29, 1.82) is 0 Å². The van der Waals surface area contributed by atoms with Crippen LogP contribution in [0.4, 0.5) is 5.88 Å². The molecule has 2 aliphatic heterocycles. The number of likely N-dealkylation sites (tertiary alicyclic amines) is 1. The summed E-state index contributed by atoms with van der Waals surface area (Å²) in [7, 11) is 0. The molecule has 0 aromatic carbocycles. The van der Waals surface area contributed by atoms with Gasteiger partial charge in [0.2, 0.25) is 11.8 Å². The van der Waals surface area contributed by atoms with Crippen LogP contribution < -0.4 is 10.6 Å². The van der Waals surface area contributed by atoms with Crippen LogP contribution >= 0.6 is 12.4 Å². The van der Waals surface area contributed by atoms with E-state index in [1.165, 1.54) is 12.8 Å². The predicted molar refractivity (Wildman–Crippen MR) is 92.1 cm³/mol. The lowest BCUT2D eigenvalue weighted by Crippen LogP contribution is -2.39. The van der Waals surface area contributed by atoms with Gasteiger partial charge in [0.25, 0.3) is 0 Å². The second kappa shape index (κ2) is 7.20. The Hall–Kier alpha value is -1.11. The maximum atomic E-state index is 12.2. The summed E-state index contributed by atoms with van der Waals surface area (Å²) in [5.74, 6) is 0.402. The summed E-state index contributed by atoms with van der Waals surface area (Å²) >= 11 is 0. The molecule has 1 amide bonds. The minimum absolute atomic E-state index is 0. The summed E-state index contributed by atoms with van der Waals surface area (Å²) in [6.45, 7) is 8.54. The van der Waals surface area contributed by atoms with Gasteiger partial charge in [-0.1, -0.05) is 25.9 Å². The number of amides is 1. The largest absolute Gasteiger partial charge is 0.338 e. The van der Waals surface area contributed by atoms with Gasteiger partial charge in [-0.15, -0.1) is 12.4 Å². The third-order valence-electron chi connectivity index (χ3n) is 4.52. The molecule has 2 aliphatic rings. The van der Waals surface area contributed by atoms with Gasteiger partial charge in [-0.25, -0.2) is 0 Å². The van der Waals surface area contributed by atoms with Crippen LogP contribution in [0.15, 0.2) is 10.6 Å². The smallest absolute Gasteiger partial charge is 0.240 e. The molecular formula is C16H27ClN4O2. The van der Waals surface area contributed by atoms with E-state index in [4.69, 9.17) is 4.52 Å². The van der Waals surface area contributed by atoms with Crippen LogP contribution in [0, 0.1) is 0 Å². The molecular weight excluding hydrogens is 316 g/mol.